The summed E-state index contributed by atoms with van der Waals surface area (Å²) >= 11 is 0. The number of benzene rings is 1. The van der Waals surface area contributed by atoms with Crippen LogP contribution in [-0.2, 0) is 18.3 Å². The van der Waals surface area contributed by atoms with Crippen molar-refractivity contribution >= 4 is 0 Å². The van der Waals surface area contributed by atoms with Crippen LogP contribution in [0.3, 0.4) is 0 Å². The molecule has 0 radical (unpaired) electrons. The maximum absolute atomic E-state index is 4.16. The van der Waals surface area contributed by atoms with E-state index in [1.807, 2.05) is 4.68 Å². The van der Waals surface area contributed by atoms with Gasteiger partial charge in [-0.1, -0.05) is 26.8 Å². The van der Waals surface area contributed by atoms with Gasteiger partial charge in [-0.2, -0.15) is 4.68 Å². The van der Waals surface area contributed by atoms with Crippen molar-refractivity contribution < 1.29 is 0 Å². The highest BCUT2D eigenvalue weighted by Gasteiger charge is 2.23. The van der Waals surface area contributed by atoms with Gasteiger partial charge in [-0.3, -0.25) is 0 Å². The number of hydrogen-bond acceptors (Lipinski definition) is 3. The van der Waals surface area contributed by atoms with Crippen LogP contribution < -0.4 is 0 Å². The van der Waals surface area contributed by atoms with Gasteiger partial charge >= 0.3 is 0 Å². The predicted molar refractivity (Wildman–Crippen MR) is 69.9 cm³/mol. The summed E-state index contributed by atoms with van der Waals surface area (Å²) in [6.07, 6.45) is 3.65. The molecule has 0 spiro atoms. The average Bonchev–Trinajstić information content (AvgIpc) is 2.96. The smallest absolute Gasteiger partial charge is 0.162 e. The number of nitrogens with zero attached hydrogens (tertiary/aromatic N) is 4. The molecular weight excluding hydrogens is 224 g/mol. The maximum Gasteiger partial charge on any atom is 0.162 e. The molecule has 0 amide bonds. The highest BCUT2D eigenvalue weighted by molar-refractivity contribution is 5.42. The Morgan fingerprint density at radius 3 is 2.67 bits per heavy atom. The molecule has 1 aliphatic rings. The first kappa shape index (κ1) is 11.4. The van der Waals surface area contributed by atoms with E-state index < -0.39 is 0 Å². The van der Waals surface area contributed by atoms with Gasteiger partial charge in [-0.15, -0.1) is 5.10 Å². The first-order valence-electron chi connectivity index (χ1n) is 6.47. The minimum absolute atomic E-state index is 0.0531. The molecule has 1 heterocycles. The van der Waals surface area contributed by atoms with Gasteiger partial charge in [0.15, 0.2) is 5.82 Å². The summed E-state index contributed by atoms with van der Waals surface area (Å²) in [5.41, 5.74) is 3.94. The van der Waals surface area contributed by atoms with Crippen LogP contribution in [0.5, 0.6) is 0 Å². The van der Waals surface area contributed by atoms with Crippen molar-refractivity contribution in [1.29, 1.82) is 0 Å². The quantitative estimate of drug-likeness (QED) is 0.771. The van der Waals surface area contributed by atoms with Crippen molar-refractivity contribution in [3.8, 4) is 5.69 Å². The fraction of sp³-hybridized carbons (Fsp3) is 0.500. The molecule has 0 bridgehead atoms. The van der Waals surface area contributed by atoms with Crippen LogP contribution in [0.4, 0.5) is 0 Å². The highest BCUT2D eigenvalue weighted by atomic mass is 15.5. The van der Waals surface area contributed by atoms with Crippen molar-refractivity contribution in [2.75, 3.05) is 0 Å². The highest BCUT2D eigenvalue weighted by Crippen LogP contribution is 2.26. The molecule has 0 N–H and O–H groups in total. The second-order valence-electron chi connectivity index (χ2n) is 5.97. The molecular formula is C14H18N4. The molecule has 0 atom stereocenters. The Labute approximate surface area is 107 Å². The first-order valence-corrected chi connectivity index (χ1v) is 6.47. The van der Waals surface area contributed by atoms with E-state index in [4.69, 9.17) is 0 Å². The molecule has 1 aliphatic carbocycles. The molecule has 94 valence electrons. The predicted octanol–water partition coefficient (Wildman–Crippen LogP) is 2.45. The molecule has 2 aromatic rings. The molecule has 4 heteroatoms. The molecule has 4 nitrogen and oxygen atoms in total. The lowest BCUT2D eigenvalue weighted by molar-refractivity contribution is 0.526. The van der Waals surface area contributed by atoms with Gasteiger partial charge in [-0.05, 0) is 52.9 Å². The lowest BCUT2D eigenvalue weighted by atomic mass is 9.95. The van der Waals surface area contributed by atoms with E-state index in [1.54, 1.807) is 0 Å². The second kappa shape index (κ2) is 3.90. The van der Waals surface area contributed by atoms with Crippen molar-refractivity contribution in [3.05, 3.63) is 35.2 Å². The molecule has 0 unspecified atom stereocenters. The van der Waals surface area contributed by atoms with Crippen molar-refractivity contribution in [2.45, 2.75) is 45.4 Å². The third kappa shape index (κ3) is 1.82. The summed E-state index contributed by atoms with van der Waals surface area (Å²) in [5.74, 6) is 0.903. The summed E-state index contributed by atoms with van der Waals surface area (Å²) in [4.78, 5) is 0. The maximum atomic E-state index is 4.16. The van der Waals surface area contributed by atoms with E-state index in [-0.39, 0.29) is 5.41 Å². The molecule has 0 fully saturated rings. The Balaban J connectivity index is 2.08. The molecule has 0 aliphatic heterocycles. The van der Waals surface area contributed by atoms with E-state index in [2.05, 4.69) is 54.5 Å². The zero-order valence-corrected chi connectivity index (χ0v) is 11.1. The molecule has 3 rings (SSSR count). The minimum atomic E-state index is -0.0531. The summed E-state index contributed by atoms with van der Waals surface area (Å²) < 4.78 is 1.86. The van der Waals surface area contributed by atoms with Gasteiger partial charge < -0.3 is 0 Å². The van der Waals surface area contributed by atoms with Crippen LogP contribution in [0.1, 0.15) is 44.1 Å². The van der Waals surface area contributed by atoms with Crippen molar-refractivity contribution in [2.24, 2.45) is 0 Å². The number of fused-ring (bicyclic) bond motifs is 1. The Hall–Kier alpha value is -1.71. The fourth-order valence-corrected chi connectivity index (χ4v) is 2.52. The van der Waals surface area contributed by atoms with Gasteiger partial charge in [0.1, 0.15) is 0 Å². The average molecular weight is 242 g/mol. The van der Waals surface area contributed by atoms with Gasteiger partial charge in [0.05, 0.1) is 5.69 Å². The standard InChI is InChI=1S/C14H18N4/c1-14(2,3)13-15-16-17-18(13)12-8-7-10-5-4-6-11(10)9-12/h7-9H,4-6H2,1-3H3. The SMILES string of the molecule is CC(C)(C)c1nnnn1-c1ccc2c(c1)CCC2. The Bertz CT molecular complexity index is 578. The van der Waals surface area contributed by atoms with Crippen molar-refractivity contribution in [1.82, 2.24) is 20.2 Å². The van der Waals surface area contributed by atoms with Gasteiger partial charge in [0, 0.05) is 5.41 Å². The van der Waals surface area contributed by atoms with E-state index >= 15 is 0 Å². The van der Waals surface area contributed by atoms with Crippen LogP contribution >= 0.6 is 0 Å². The summed E-state index contributed by atoms with van der Waals surface area (Å²) in [5, 5.41) is 12.1. The number of aromatic nitrogens is 4. The van der Waals surface area contributed by atoms with Crippen LogP contribution in [0.2, 0.25) is 0 Å². The fourth-order valence-electron chi connectivity index (χ4n) is 2.52. The van der Waals surface area contributed by atoms with Crippen molar-refractivity contribution in [3.63, 3.8) is 0 Å². The van der Waals surface area contributed by atoms with E-state index in [9.17, 15) is 0 Å². The number of aryl methyl sites for hydroxylation is 2. The number of rotatable bonds is 1. The van der Waals surface area contributed by atoms with Crippen LogP contribution in [-0.4, -0.2) is 20.2 Å². The van der Waals surface area contributed by atoms with Gasteiger partial charge in [0.25, 0.3) is 0 Å². The lowest BCUT2D eigenvalue weighted by Gasteiger charge is -2.17. The van der Waals surface area contributed by atoms with Crippen LogP contribution in [0.25, 0.3) is 5.69 Å². The Kier molecular flexibility index (Phi) is 2.47. The van der Waals surface area contributed by atoms with E-state index in [1.165, 1.54) is 30.4 Å². The zero-order chi connectivity index (χ0) is 12.8. The third-order valence-electron chi connectivity index (χ3n) is 3.47. The molecule has 0 saturated heterocycles. The largest absolute Gasteiger partial charge is 0.197 e. The molecule has 1 aromatic heterocycles. The number of hydrogen-bond donors (Lipinski definition) is 0. The van der Waals surface area contributed by atoms with Crippen LogP contribution in [0, 0.1) is 0 Å². The zero-order valence-electron chi connectivity index (χ0n) is 11.1. The molecule has 1 aromatic carbocycles. The Morgan fingerprint density at radius 2 is 1.89 bits per heavy atom. The first-order chi connectivity index (χ1) is 8.55. The molecule has 0 saturated carbocycles. The summed E-state index contributed by atoms with van der Waals surface area (Å²) in [6.45, 7) is 6.38. The lowest BCUT2D eigenvalue weighted by Crippen LogP contribution is -2.19. The van der Waals surface area contributed by atoms with Gasteiger partial charge in [0.2, 0.25) is 0 Å². The normalized spacial score (nSPS) is 14.8. The van der Waals surface area contributed by atoms with E-state index in [0.29, 0.717) is 0 Å². The molecule has 18 heavy (non-hydrogen) atoms. The summed E-state index contributed by atoms with van der Waals surface area (Å²) in [7, 11) is 0. The van der Waals surface area contributed by atoms with E-state index in [0.717, 1.165) is 11.5 Å². The second-order valence-corrected chi connectivity index (χ2v) is 5.97. The topological polar surface area (TPSA) is 43.6 Å². The Morgan fingerprint density at radius 1 is 1.11 bits per heavy atom. The van der Waals surface area contributed by atoms with Gasteiger partial charge in [-0.25, -0.2) is 0 Å². The van der Waals surface area contributed by atoms with Crippen LogP contribution in [0.15, 0.2) is 18.2 Å². The monoisotopic (exact) mass is 242 g/mol. The summed E-state index contributed by atoms with van der Waals surface area (Å²) in [6, 6.07) is 6.56. The number of tetrazole rings is 1. The third-order valence-corrected chi connectivity index (χ3v) is 3.47. The minimum Gasteiger partial charge on any atom is -0.197 e.